The van der Waals surface area contributed by atoms with Crippen molar-refractivity contribution in [1.82, 2.24) is 9.38 Å². The molecule has 1 aromatic heterocycles. The van der Waals surface area contributed by atoms with Crippen LogP contribution in [0.3, 0.4) is 0 Å². The number of rotatable bonds is 4. The van der Waals surface area contributed by atoms with E-state index in [9.17, 15) is 9.59 Å². The zero-order valence-electron chi connectivity index (χ0n) is 11.9. The molecule has 1 N–H and O–H groups in total. The first-order valence-electron chi connectivity index (χ1n) is 6.80. The predicted octanol–water partition coefficient (Wildman–Crippen LogP) is 2.87. The molecule has 116 valence electrons. The Morgan fingerprint density at radius 2 is 1.96 bits per heavy atom. The average Bonchev–Trinajstić information content (AvgIpc) is 2.86. The maximum atomic E-state index is 12.1. The monoisotopic (exact) mass is 345 g/mol. The van der Waals surface area contributed by atoms with Crippen LogP contribution in [0.15, 0.2) is 58.4 Å². The third-order valence-corrected chi connectivity index (χ3v) is 4.55. The molecule has 0 atom stereocenters. The van der Waals surface area contributed by atoms with E-state index in [2.05, 4.69) is 10.5 Å². The van der Waals surface area contributed by atoms with Crippen molar-refractivity contribution in [2.24, 2.45) is 5.10 Å². The molecule has 0 unspecified atom stereocenters. The van der Waals surface area contributed by atoms with Crippen LogP contribution in [0.4, 0.5) is 0 Å². The van der Waals surface area contributed by atoms with Gasteiger partial charge in [-0.2, -0.15) is 5.10 Å². The fourth-order valence-corrected chi connectivity index (χ4v) is 3.22. The highest BCUT2D eigenvalue weighted by Crippen LogP contribution is 2.15. The summed E-state index contributed by atoms with van der Waals surface area (Å²) in [5.74, 6) is -0.373. The zero-order valence-corrected chi connectivity index (χ0v) is 13.5. The van der Waals surface area contributed by atoms with Gasteiger partial charge in [-0.3, -0.25) is 13.5 Å². The number of amides is 1. The van der Waals surface area contributed by atoms with Crippen LogP contribution in [0.25, 0.3) is 10.1 Å². The Hall–Kier alpha value is -2.44. The van der Waals surface area contributed by atoms with Crippen molar-refractivity contribution >= 4 is 45.3 Å². The largest absolute Gasteiger partial charge is 0.271 e. The number of hydrogen-bond acceptors (Lipinski definition) is 4. The number of benzene rings is 2. The molecule has 0 spiro atoms. The third-order valence-electron chi connectivity index (χ3n) is 3.14. The Balaban J connectivity index is 1.68. The van der Waals surface area contributed by atoms with Crippen molar-refractivity contribution in [2.75, 3.05) is 0 Å². The van der Waals surface area contributed by atoms with Gasteiger partial charge in [-0.25, -0.2) is 5.43 Å². The van der Waals surface area contributed by atoms with Crippen LogP contribution in [0, 0.1) is 0 Å². The normalized spacial score (nSPS) is 11.2. The molecule has 7 heteroatoms. The summed E-state index contributed by atoms with van der Waals surface area (Å²) in [5, 5.41) is 5.03. The van der Waals surface area contributed by atoms with Gasteiger partial charge < -0.3 is 0 Å². The van der Waals surface area contributed by atoms with Crippen molar-refractivity contribution in [3.8, 4) is 0 Å². The molecule has 0 aliphatic heterocycles. The predicted molar refractivity (Wildman–Crippen MR) is 93.3 cm³/mol. The van der Waals surface area contributed by atoms with E-state index in [1.54, 1.807) is 24.3 Å². The van der Waals surface area contributed by atoms with Crippen LogP contribution < -0.4 is 11.0 Å². The Kier molecular flexibility index (Phi) is 4.55. The van der Waals surface area contributed by atoms with Gasteiger partial charge in [0, 0.05) is 10.6 Å². The summed E-state index contributed by atoms with van der Waals surface area (Å²) in [5.41, 5.74) is 2.93. The second-order valence-corrected chi connectivity index (χ2v) is 6.21. The molecule has 23 heavy (non-hydrogen) atoms. The number of nitrogens with zero attached hydrogens (tertiary/aromatic N) is 2. The Bertz CT molecular complexity index is 946. The fourth-order valence-electron chi connectivity index (χ4n) is 2.04. The molecule has 2 aromatic carbocycles. The smallest absolute Gasteiger partial charge is 0.269 e. The van der Waals surface area contributed by atoms with E-state index >= 15 is 0 Å². The van der Waals surface area contributed by atoms with Crippen molar-refractivity contribution < 1.29 is 4.79 Å². The molecule has 3 aromatic rings. The van der Waals surface area contributed by atoms with Crippen molar-refractivity contribution in [3.05, 3.63) is 69.5 Å². The summed E-state index contributed by atoms with van der Waals surface area (Å²) in [6.07, 6.45) is 1.47. The van der Waals surface area contributed by atoms with E-state index < -0.39 is 0 Å². The number of carbonyl (C=O) groups excluding carboxylic acids is 1. The SMILES string of the molecule is O=C(Cn1sc2ccccc2c1=O)N/N=C/c1ccccc1Cl. The molecule has 3 rings (SSSR count). The highest BCUT2D eigenvalue weighted by molar-refractivity contribution is 7.13. The van der Waals surface area contributed by atoms with Gasteiger partial charge >= 0.3 is 0 Å². The number of fused-ring (bicyclic) bond motifs is 1. The van der Waals surface area contributed by atoms with Crippen LogP contribution in [-0.2, 0) is 11.3 Å². The highest BCUT2D eigenvalue weighted by Gasteiger charge is 2.09. The number of aromatic nitrogens is 1. The van der Waals surface area contributed by atoms with Crippen LogP contribution in [0.5, 0.6) is 0 Å². The number of halogens is 1. The second-order valence-electron chi connectivity index (χ2n) is 4.74. The highest BCUT2D eigenvalue weighted by atomic mass is 35.5. The van der Waals surface area contributed by atoms with Gasteiger partial charge in [0.2, 0.25) is 0 Å². The summed E-state index contributed by atoms with van der Waals surface area (Å²) < 4.78 is 2.26. The van der Waals surface area contributed by atoms with Gasteiger partial charge in [-0.15, -0.1) is 0 Å². The lowest BCUT2D eigenvalue weighted by molar-refractivity contribution is -0.121. The number of hydrogen-bond donors (Lipinski definition) is 1. The summed E-state index contributed by atoms with van der Waals surface area (Å²) in [6.45, 7) is -0.0714. The van der Waals surface area contributed by atoms with Crippen molar-refractivity contribution in [2.45, 2.75) is 6.54 Å². The summed E-state index contributed by atoms with van der Waals surface area (Å²) in [6, 6.07) is 14.4. The molecule has 0 aliphatic rings. The van der Waals surface area contributed by atoms with Crippen LogP contribution in [0.1, 0.15) is 5.56 Å². The molecular weight excluding hydrogens is 334 g/mol. The van der Waals surface area contributed by atoms with E-state index in [1.165, 1.54) is 21.7 Å². The standard InChI is InChI=1S/C16H12ClN3O2S/c17-13-7-3-1-5-11(13)9-18-19-15(21)10-20-16(22)12-6-2-4-8-14(12)23-20/h1-9H,10H2,(H,19,21)/b18-9+. The quantitative estimate of drug-likeness (QED) is 0.583. The minimum Gasteiger partial charge on any atom is -0.271 e. The molecule has 1 amide bonds. The number of carbonyl (C=O) groups is 1. The Labute approximate surface area is 141 Å². The number of hydrazone groups is 1. The first kappa shape index (κ1) is 15.5. The van der Waals surface area contributed by atoms with E-state index in [1.807, 2.05) is 24.3 Å². The first-order chi connectivity index (χ1) is 11.1. The summed E-state index contributed by atoms with van der Waals surface area (Å²) in [4.78, 5) is 24.0. The second kappa shape index (κ2) is 6.76. The van der Waals surface area contributed by atoms with Gasteiger partial charge in [0.25, 0.3) is 11.5 Å². The minimum atomic E-state index is -0.373. The van der Waals surface area contributed by atoms with Crippen LogP contribution >= 0.6 is 23.1 Å². The lowest BCUT2D eigenvalue weighted by atomic mass is 10.2. The van der Waals surface area contributed by atoms with Crippen molar-refractivity contribution in [1.29, 1.82) is 0 Å². The molecule has 0 saturated carbocycles. The van der Waals surface area contributed by atoms with E-state index in [0.29, 0.717) is 16.0 Å². The van der Waals surface area contributed by atoms with Crippen LogP contribution in [0.2, 0.25) is 5.02 Å². The Morgan fingerprint density at radius 1 is 1.22 bits per heavy atom. The number of nitrogens with one attached hydrogen (secondary N) is 1. The van der Waals surface area contributed by atoms with Gasteiger partial charge in [-0.1, -0.05) is 53.5 Å². The lowest BCUT2D eigenvalue weighted by Crippen LogP contribution is -2.26. The van der Waals surface area contributed by atoms with Gasteiger partial charge in [0.1, 0.15) is 6.54 Å². The molecule has 0 fully saturated rings. The summed E-state index contributed by atoms with van der Waals surface area (Å²) in [7, 11) is 0. The molecule has 0 aliphatic carbocycles. The van der Waals surface area contributed by atoms with Gasteiger partial charge in [0.05, 0.1) is 16.3 Å². The lowest BCUT2D eigenvalue weighted by Gasteiger charge is -2.00. The first-order valence-corrected chi connectivity index (χ1v) is 7.95. The van der Waals surface area contributed by atoms with Crippen molar-refractivity contribution in [3.63, 3.8) is 0 Å². The maximum Gasteiger partial charge on any atom is 0.269 e. The molecule has 5 nitrogen and oxygen atoms in total. The van der Waals surface area contributed by atoms with Crippen LogP contribution in [-0.4, -0.2) is 16.1 Å². The van der Waals surface area contributed by atoms with E-state index in [4.69, 9.17) is 11.6 Å². The maximum absolute atomic E-state index is 12.1. The zero-order chi connectivity index (χ0) is 16.2. The topological polar surface area (TPSA) is 63.5 Å². The Morgan fingerprint density at radius 3 is 2.74 bits per heavy atom. The fraction of sp³-hybridized carbons (Fsp3) is 0.0625. The van der Waals surface area contributed by atoms with E-state index in [-0.39, 0.29) is 18.0 Å². The molecule has 0 radical (unpaired) electrons. The summed E-state index contributed by atoms with van der Waals surface area (Å²) >= 11 is 7.24. The van der Waals surface area contributed by atoms with E-state index in [0.717, 1.165) is 4.70 Å². The molecular formula is C16H12ClN3O2S. The van der Waals surface area contributed by atoms with Gasteiger partial charge in [-0.05, 0) is 18.2 Å². The minimum absolute atomic E-state index is 0.0714. The van der Waals surface area contributed by atoms with Gasteiger partial charge in [0.15, 0.2) is 0 Å². The molecule has 1 heterocycles. The third kappa shape index (κ3) is 3.49. The average molecular weight is 346 g/mol. The molecule has 0 saturated heterocycles. The molecule has 0 bridgehead atoms.